The first-order chi connectivity index (χ1) is 9.28. The molecule has 0 aliphatic carbocycles. The van der Waals surface area contributed by atoms with Crippen LogP contribution in [0.5, 0.6) is 5.88 Å². The molecule has 0 aliphatic rings. The van der Waals surface area contributed by atoms with Gasteiger partial charge in [-0.25, -0.2) is 9.67 Å². The molecule has 96 valence electrons. The molecule has 0 bridgehead atoms. The first-order valence-corrected chi connectivity index (χ1v) is 6.37. The third-order valence-electron chi connectivity index (χ3n) is 2.60. The Kier molecular flexibility index (Phi) is 3.08. The maximum atomic E-state index is 5.41. The van der Waals surface area contributed by atoms with Crippen LogP contribution in [-0.4, -0.2) is 21.9 Å². The van der Waals surface area contributed by atoms with Gasteiger partial charge in [0, 0.05) is 16.7 Å². The maximum absolute atomic E-state index is 5.41. The molecule has 0 atom stereocenters. The number of hydrogen-bond donors (Lipinski definition) is 0. The van der Waals surface area contributed by atoms with Gasteiger partial charge in [-0.15, -0.1) is 5.10 Å². The highest BCUT2D eigenvalue weighted by molar-refractivity contribution is 9.10. The molecule has 0 fully saturated rings. The van der Waals surface area contributed by atoms with Crippen molar-refractivity contribution >= 4 is 15.9 Å². The number of ether oxygens (including phenoxy) is 1. The van der Waals surface area contributed by atoms with E-state index in [0.717, 1.165) is 10.2 Å². The van der Waals surface area contributed by atoms with Gasteiger partial charge in [-0.2, -0.15) is 0 Å². The average Bonchev–Trinajstić information content (AvgIpc) is 3.08. The molecule has 3 heterocycles. The van der Waals surface area contributed by atoms with Crippen LogP contribution in [-0.2, 0) is 0 Å². The summed E-state index contributed by atoms with van der Waals surface area (Å²) in [4.78, 5) is 4.32. The van der Waals surface area contributed by atoms with Gasteiger partial charge in [0.25, 0.3) is 0 Å². The van der Waals surface area contributed by atoms with Gasteiger partial charge in [-0.1, -0.05) is 0 Å². The number of hydrogen-bond acceptors (Lipinski definition) is 4. The summed E-state index contributed by atoms with van der Waals surface area (Å²) in [5, 5.41) is 4.34. The van der Waals surface area contributed by atoms with Crippen molar-refractivity contribution in [2.24, 2.45) is 0 Å². The zero-order valence-electron chi connectivity index (χ0n) is 10.1. The van der Waals surface area contributed by atoms with Crippen molar-refractivity contribution in [3.05, 3.63) is 47.3 Å². The smallest absolute Gasteiger partial charge is 0.233 e. The summed E-state index contributed by atoms with van der Waals surface area (Å²) in [6.45, 7) is 0. The van der Waals surface area contributed by atoms with Crippen LogP contribution in [0.1, 0.15) is 0 Å². The molecule has 5 nitrogen and oxygen atoms in total. The molecule has 6 heteroatoms. The highest BCUT2D eigenvalue weighted by atomic mass is 79.9. The molecule has 3 aromatic rings. The Hall–Kier alpha value is -2.08. The lowest BCUT2D eigenvalue weighted by Crippen LogP contribution is -2.01. The van der Waals surface area contributed by atoms with Gasteiger partial charge >= 0.3 is 0 Å². The van der Waals surface area contributed by atoms with Gasteiger partial charge in [0.2, 0.25) is 5.88 Å². The zero-order chi connectivity index (χ0) is 13.2. The van der Waals surface area contributed by atoms with Crippen LogP contribution in [0.2, 0.25) is 0 Å². The second kappa shape index (κ2) is 4.89. The lowest BCUT2D eigenvalue weighted by Gasteiger charge is -2.03. The molecule has 0 spiro atoms. The van der Waals surface area contributed by atoms with Crippen molar-refractivity contribution in [1.82, 2.24) is 14.8 Å². The predicted molar refractivity (Wildman–Crippen MR) is 73.3 cm³/mol. The molecule has 19 heavy (non-hydrogen) atoms. The third-order valence-corrected chi connectivity index (χ3v) is 3.07. The molecule has 3 rings (SSSR count). The van der Waals surface area contributed by atoms with E-state index in [1.54, 1.807) is 24.3 Å². The second-order valence-corrected chi connectivity index (χ2v) is 4.71. The third kappa shape index (κ3) is 2.26. The van der Waals surface area contributed by atoms with E-state index in [4.69, 9.17) is 9.15 Å². The van der Waals surface area contributed by atoms with Crippen molar-refractivity contribution in [3.63, 3.8) is 0 Å². The SMILES string of the molecule is COc1cc(-c2ccco2)n(-c2ccc(Br)cn2)n1. The quantitative estimate of drug-likeness (QED) is 0.743. The number of pyridine rings is 1. The van der Waals surface area contributed by atoms with E-state index < -0.39 is 0 Å². The fraction of sp³-hybridized carbons (Fsp3) is 0.0769. The highest BCUT2D eigenvalue weighted by Gasteiger charge is 2.14. The van der Waals surface area contributed by atoms with Crippen molar-refractivity contribution in [1.29, 1.82) is 0 Å². The van der Waals surface area contributed by atoms with E-state index in [0.29, 0.717) is 17.5 Å². The van der Waals surface area contributed by atoms with Crippen LogP contribution in [0.3, 0.4) is 0 Å². The summed E-state index contributed by atoms with van der Waals surface area (Å²) in [5.74, 6) is 1.91. The van der Waals surface area contributed by atoms with Crippen molar-refractivity contribution in [2.75, 3.05) is 7.11 Å². The maximum Gasteiger partial charge on any atom is 0.233 e. The van der Waals surface area contributed by atoms with Crippen LogP contribution < -0.4 is 4.74 Å². The van der Waals surface area contributed by atoms with Gasteiger partial charge in [-0.05, 0) is 40.2 Å². The Labute approximate surface area is 118 Å². The Bertz CT molecular complexity index is 674. The second-order valence-electron chi connectivity index (χ2n) is 3.80. The summed E-state index contributed by atoms with van der Waals surface area (Å²) in [6.07, 6.45) is 3.34. The minimum absolute atomic E-state index is 0.510. The molecule has 0 aromatic carbocycles. The topological polar surface area (TPSA) is 53.1 Å². The van der Waals surface area contributed by atoms with Crippen molar-refractivity contribution in [3.8, 4) is 23.2 Å². The summed E-state index contributed by atoms with van der Waals surface area (Å²) in [7, 11) is 1.58. The number of rotatable bonds is 3. The molecule has 0 N–H and O–H groups in total. The van der Waals surface area contributed by atoms with E-state index in [2.05, 4.69) is 26.0 Å². The highest BCUT2D eigenvalue weighted by Crippen LogP contribution is 2.26. The Balaban J connectivity index is 2.14. The first-order valence-electron chi connectivity index (χ1n) is 5.58. The fourth-order valence-corrected chi connectivity index (χ4v) is 1.96. The van der Waals surface area contributed by atoms with E-state index in [1.807, 2.05) is 30.3 Å². The van der Waals surface area contributed by atoms with Crippen molar-refractivity contribution in [2.45, 2.75) is 0 Å². The van der Waals surface area contributed by atoms with Gasteiger partial charge in [0.15, 0.2) is 11.6 Å². The minimum Gasteiger partial charge on any atom is -0.480 e. The molecule has 0 amide bonds. The predicted octanol–water partition coefficient (Wildman–Crippen LogP) is 3.30. The summed E-state index contributed by atoms with van der Waals surface area (Å²) in [5.41, 5.74) is 0.789. The number of halogens is 1. The van der Waals surface area contributed by atoms with E-state index in [-0.39, 0.29) is 0 Å². The standard InChI is InChI=1S/C13H10BrN3O2/c1-18-13-7-10(11-3-2-6-19-11)17(16-13)12-5-4-9(14)8-15-12/h2-8H,1H3. The number of furan rings is 1. The molecular weight excluding hydrogens is 310 g/mol. The van der Waals surface area contributed by atoms with Crippen LogP contribution >= 0.6 is 15.9 Å². The summed E-state index contributed by atoms with van der Waals surface area (Å²) < 4.78 is 13.2. The Morgan fingerprint density at radius 2 is 2.21 bits per heavy atom. The van der Waals surface area contributed by atoms with Crippen LogP contribution in [0.4, 0.5) is 0 Å². The summed E-state index contributed by atoms with van der Waals surface area (Å²) in [6, 6.07) is 9.27. The van der Waals surface area contributed by atoms with Crippen molar-refractivity contribution < 1.29 is 9.15 Å². The first kappa shape index (κ1) is 12.0. The van der Waals surface area contributed by atoms with Crippen LogP contribution in [0, 0.1) is 0 Å². The van der Waals surface area contributed by atoms with Gasteiger partial charge in [0.1, 0.15) is 5.69 Å². The zero-order valence-corrected chi connectivity index (χ0v) is 11.7. The largest absolute Gasteiger partial charge is 0.480 e. The number of aromatic nitrogens is 3. The summed E-state index contributed by atoms with van der Waals surface area (Å²) >= 11 is 3.36. The monoisotopic (exact) mass is 319 g/mol. The lowest BCUT2D eigenvalue weighted by atomic mass is 10.3. The number of nitrogens with zero attached hydrogens (tertiary/aromatic N) is 3. The van der Waals surface area contributed by atoms with Crippen LogP contribution in [0.15, 0.2) is 51.7 Å². The normalized spacial score (nSPS) is 10.6. The molecule has 0 saturated carbocycles. The lowest BCUT2D eigenvalue weighted by molar-refractivity contribution is 0.394. The Morgan fingerprint density at radius 3 is 2.84 bits per heavy atom. The molecule has 0 aliphatic heterocycles. The van der Waals surface area contributed by atoms with Crippen LogP contribution in [0.25, 0.3) is 17.3 Å². The fourth-order valence-electron chi connectivity index (χ4n) is 1.73. The van der Waals surface area contributed by atoms with E-state index in [1.165, 1.54) is 0 Å². The van der Waals surface area contributed by atoms with E-state index >= 15 is 0 Å². The molecule has 3 aromatic heterocycles. The number of methoxy groups -OCH3 is 1. The van der Waals surface area contributed by atoms with Gasteiger partial charge in [0.05, 0.1) is 13.4 Å². The average molecular weight is 320 g/mol. The van der Waals surface area contributed by atoms with Gasteiger partial charge in [-0.3, -0.25) is 0 Å². The Morgan fingerprint density at radius 1 is 1.32 bits per heavy atom. The minimum atomic E-state index is 0.510. The molecule has 0 unspecified atom stereocenters. The molecule has 0 saturated heterocycles. The molecule has 0 radical (unpaired) electrons. The van der Waals surface area contributed by atoms with Gasteiger partial charge < -0.3 is 9.15 Å². The van der Waals surface area contributed by atoms with E-state index in [9.17, 15) is 0 Å². The molecular formula is C13H10BrN3O2.